The van der Waals surface area contributed by atoms with Crippen molar-refractivity contribution in [3.63, 3.8) is 0 Å². The molecule has 186 valence electrons. The fraction of sp³-hybridized carbons (Fsp3) is 0.0741. The van der Waals surface area contributed by atoms with Gasteiger partial charge in [-0.2, -0.15) is 0 Å². The average Bonchev–Trinajstić information content (AvgIpc) is 3.50. The molecule has 0 saturated heterocycles. The number of para-hydroxylation sites is 1. The first-order chi connectivity index (χ1) is 17.9. The van der Waals surface area contributed by atoms with Crippen molar-refractivity contribution in [3.8, 4) is 17.2 Å². The lowest BCUT2D eigenvalue weighted by atomic mass is 10.1. The second-order valence-corrected chi connectivity index (χ2v) is 9.86. The molecule has 0 aliphatic carbocycles. The molecule has 0 radical (unpaired) electrons. The first-order valence-electron chi connectivity index (χ1n) is 11.0. The van der Waals surface area contributed by atoms with Gasteiger partial charge in [-0.1, -0.05) is 53.5 Å². The molecule has 0 aliphatic rings. The smallest absolute Gasteiger partial charge is 0.342 e. The Balaban J connectivity index is 1.47. The third kappa shape index (κ3) is 5.51. The molecule has 0 amide bonds. The summed E-state index contributed by atoms with van der Waals surface area (Å²) in [7, 11) is 1.52. The second-order valence-electron chi connectivity index (χ2n) is 7.99. The summed E-state index contributed by atoms with van der Waals surface area (Å²) in [6.45, 7) is 0.607. The molecule has 37 heavy (non-hydrogen) atoms. The van der Waals surface area contributed by atoms with Crippen molar-refractivity contribution in [3.05, 3.63) is 99.0 Å². The van der Waals surface area contributed by atoms with E-state index in [1.807, 2.05) is 54.7 Å². The van der Waals surface area contributed by atoms with Crippen molar-refractivity contribution >= 4 is 57.9 Å². The number of benzene rings is 3. The predicted octanol–water partition coefficient (Wildman–Crippen LogP) is 7.27. The third-order valence-corrected chi connectivity index (χ3v) is 6.92. The van der Waals surface area contributed by atoms with Gasteiger partial charge in [0.05, 0.1) is 12.7 Å². The van der Waals surface area contributed by atoms with Crippen molar-refractivity contribution in [2.75, 3.05) is 7.11 Å². The van der Waals surface area contributed by atoms with Gasteiger partial charge >= 0.3 is 5.97 Å². The Morgan fingerprint density at radius 3 is 2.59 bits per heavy atom. The van der Waals surface area contributed by atoms with Crippen LogP contribution in [0.4, 0.5) is 0 Å². The zero-order valence-electron chi connectivity index (χ0n) is 19.4. The summed E-state index contributed by atoms with van der Waals surface area (Å²) in [4.78, 5) is 12.2. The van der Waals surface area contributed by atoms with Gasteiger partial charge in [-0.3, -0.25) is 0 Å². The minimum absolute atomic E-state index is 0.0302. The van der Waals surface area contributed by atoms with E-state index in [1.165, 1.54) is 7.11 Å². The highest BCUT2D eigenvalue weighted by molar-refractivity contribution is 8.03. The number of ether oxygens (including phenoxy) is 1. The maximum atomic E-state index is 12.2. The standard InChI is InChI=1S/C27H19Cl2N3O4S/c1-35-23-11-10-19(29)13-21(23)25-30-31-27(36-25)37-24(26(33)34)12-17-15-32(22-5-3-2-4-20(17)22)14-16-6-8-18(28)9-7-16/h2-13,15H,14H2,1H3,(H,33,34)/b24-12-. The zero-order chi connectivity index (χ0) is 25.9. The number of carboxylic acids is 1. The largest absolute Gasteiger partial charge is 0.496 e. The van der Waals surface area contributed by atoms with E-state index in [0.717, 1.165) is 33.8 Å². The Bertz CT molecular complexity index is 1630. The normalized spacial score (nSPS) is 11.7. The average molecular weight is 552 g/mol. The minimum atomic E-state index is -1.11. The number of carboxylic acid groups (broad SMARTS) is 1. The Kier molecular flexibility index (Phi) is 7.23. The molecular formula is C27H19Cl2N3O4S. The Hall–Kier alpha value is -3.72. The van der Waals surface area contributed by atoms with Crippen LogP contribution in [-0.4, -0.2) is 33.0 Å². The van der Waals surface area contributed by atoms with Crippen molar-refractivity contribution in [1.29, 1.82) is 0 Å². The number of halogens is 2. The molecule has 2 aromatic heterocycles. The maximum Gasteiger partial charge on any atom is 0.342 e. The second kappa shape index (κ2) is 10.7. The van der Waals surface area contributed by atoms with Crippen molar-refractivity contribution in [1.82, 2.24) is 14.8 Å². The first kappa shape index (κ1) is 25.0. The lowest BCUT2D eigenvalue weighted by Gasteiger charge is -2.05. The van der Waals surface area contributed by atoms with Crippen LogP contribution in [0.1, 0.15) is 11.1 Å². The lowest BCUT2D eigenvalue weighted by molar-refractivity contribution is -0.131. The van der Waals surface area contributed by atoms with Gasteiger partial charge in [0.1, 0.15) is 10.7 Å². The monoisotopic (exact) mass is 551 g/mol. The highest BCUT2D eigenvalue weighted by Gasteiger charge is 2.19. The quantitative estimate of drug-likeness (QED) is 0.160. The summed E-state index contributed by atoms with van der Waals surface area (Å²) in [6, 6.07) is 20.5. The summed E-state index contributed by atoms with van der Waals surface area (Å²) in [5.41, 5.74) is 3.32. The van der Waals surface area contributed by atoms with Crippen LogP contribution in [-0.2, 0) is 11.3 Å². The number of hydrogen-bond acceptors (Lipinski definition) is 6. The molecule has 2 heterocycles. The number of thioether (sulfide) groups is 1. The van der Waals surface area contributed by atoms with Gasteiger partial charge in [0.25, 0.3) is 11.1 Å². The molecule has 5 rings (SSSR count). The van der Waals surface area contributed by atoms with Gasteiger partial charge in [-0.25, -0.2) is 4.79 Å². The van der Waals surface area contributed by atoms with Crippen LogP contribution in [0.2, 0.25) is 10.0 Å². The topological polar surface area (TPSA) is 90.4 Å². The Labute approximate surface area is 226 Å². The van der Waals surface area contributed by atoms with Gasteiger partial charge in [0, 0.05) is 39.3 Å². The van der Waals surface area contributed by atoms with E-state index in [0.29, 0.717) is 27.9 Å². The number of nitrogens with zero attached hydrogens (tertiary/aromatic N) is 3. The van der Waals surface area contributed by atoms with Gasteiger partial charge in [-0.15, -0.1) is 10.2 Å². The van der Waals surface area contributed by atoms with Crippen LogP contribution in [0.25, 0.3) is 28.4 Å². The van der Waals surface area contributed by atoms with Crippen LogP contribution in [0.15, 0.2) is 87.5 Å². The number of carbonyl (C=O) groups is 1. The molecule has 5 aromatic rings. The SMILES string of the molecule is COc1ccc(Cl)cc1-c1nnc(S/C(=C\c2cn(Cc3ccc(Cl)cc3)c3ccccc23)C(=O)O)o1. The van der Waals surface area contributed by atoms with E-state index in [-0.39, 0.29) is 16.0 Å². The molecule has 0 aliphatic heterocycles. The summed E-state index contributed by atoms with van der Waals surface area (Å²) in [6.07, 6.45) is 3.54. The fourth-order valence-electron chi connectivity index (χ4n) is 3.88. The first-order valence-corrected chi connectivity index (χ1v) is 12.6. The highest BCUT2D eigenvalue weighted by Crippen LogP contribution is 2.35. The molecule has 7 nitrogen and oxygen atoms in total. The van der Waals surface area contributed by atoms with Gasteiger partial charge < -0.3 is 18.8 Å². The summed E-state index contributed by atoms with van der Waals surface area (Å²) >= 11 is 13.0. The summed E-state index contributed by atoms with van der Waals surface area (Å²) < 4.78 is 13.2. The highest BCUT2D eigenvalue weighted by atomic mass is 35.5. The molecule has 0 unspecified atom stereocenters. The van der Waals surface area contributed by atoms with E-state index in [4.69, 9.17) is 32.4 Å². The number of aromatic nitrogens is 3. The van der Waals surface area contributed by atoms with E-state index < -0.39 is 5.97 Å². The molecule has 10 heteroatoms. The fourth-order valence-corrected chi connectivity index (χ4v) is 4.85. The van der Waals surface area contributed by atoms with Crippen molar-refractivity contribution in [2.24, 2.45) is 0 Å². The maximum absolute atomic E-state index is 12.2. The number of aliphatic carboxylic acids is 1. The number of rotatable bonds is 8. The predicted molar refractivity (Wildman–Crippen MR) is 145 cm³/mol. The van der Waals surface area contributed by atoms with Gasteiger partial charge in [0.15, 0.2) is 0 Å². The van der Waals surface area contributed by atoms with E-state index in [2.05, 4.69) is 14.8 Å². The van der Waals surface area contributed by atoms with Crippen LogP contribution >= 0.6 is 35.0 Å². The zero-order valence-corrected chi connectivity index (χ0v) is 21.7. The Morgan fingerprint density at radius 2 is 1.84 bits per heavy atom. The van der Waals surface area contributed by atoms with E-state index in [1.54, 1.807) is 24.3 Å². The lowest BCUT2D eigenvalue weighted by Crippen LogP contribution is -1.98. The molecule has 0 saturated carbocycles. The van der Waals surface area contributed by atoms with E-state index >= 15 is 0 Å². The molecule has 0 atom stereocenters. The molecular weight excluding hydrogens is 533 g/mol. The van der Waals surface area contributed by atoms with Crippen molar-refractivity contribution in [2.45, 2.75) is 11.8 Å². The van der Waals surface area contributed by atoms with Crippen molar-refractivity contribution < 1.29 is 19.1 Å². The molecule has 1 N–H and O–H groups in total. The summed E-state index contributed by atoms with van der Waals surface area (Å²) in [5.74, 6) is -0.433. The molecule has 0 bridgehead atoms. The number of hydrogen-bond donors (Lipinski definition) is 1. The van der Waals surface area contributed by atoms with Gasteiger partial charge in [0.2, 0.25) is 0 Å². The van der Waals surface area contributed by atoms with E-state index in [9.17, 15) is 9.90 Å². The van der Waals surface area contributed by atoms with Crippen LogP contribution in [0.5, 0.6) is 5.75 Å². The number of fused-ring (bicyclic) bond motifs is 1. The van der Waals surface area contributed by atoms with Crippen LogP contribution in [0, 0.1) is 0 Å². The third-order valence-electron chi connectivity index (χ3n) is 5.58. The van der Waals surface area contributed by atoms with Crippen LogP contribution in [0.3, 0.4) is 0 Å². The summed E-state index contributed by atoms with van der Waals surface area (Å²) in [5, 5.41) is 20.2. The number of methoxy groups -OCH3 is 1. The minimum Gasteiger partial charge on any atom is -0.496 e. The van der Waals surface area contributed by atoms with Crippen LogP contribution < -0.4 is 4.74 Å². The molecule has 3 aromatic carbocycles. The van der Waals surface area contributed by atoms with Gasteiger partial charge in [-0.05, 0) is 59.8 Å². The Morgan fingerprint density at radius 1 is 1.08 bits per heavy atom. The molecule has 0 fully saturated rings. The molecule has 0 spiro atoms.